The molecular formula is C15H26Br2N4Pt. The molecule has 0 aromatic heterocycles. The summed E-state index contributed by atoms with van der Waals surface area (Å²) < 4.78 is 0. The Balaban J connectivity index is 0.000000745. The first kappa shape index (κ1) is 20.4. The molecule has 0 radical (unpaired) electrons. The van der Waals surface area contributed by atoms with E-state index in [2.05, 4.69) is 98.2 Å². The van der Waals surface area contributed by atoms with Gasteiger partial charge in [0.2, 0.25) is 0 Å². The molecule has 0 spiro atoms. The van der Waals surface area contributed by atoms with Crippen LogP contribution in [-0.4, -0.2) is 39.4 Å². The molecule has 2 aliphatic heterocycles. The number of hydrogen-bond acceptors (Lipinski definition) is 4. The molecule has 0 unspecified atom stereocenters. The Bertz CT molecular complexity index is 312. The molecule has 2 heterocycles. The second kappa shape index (κ2) is 12.7. The Morgan fingerprint density at radius 2 is 1.14 bits per heavy atom. The molecule has 2 aliphatic rings. The van der Waals surface area contributed by atoms with Crippen LogP contribution in [0.2, 0.25) is 0 Å². The standard InChI is InChI=1S/C15H26N4.2BrH.Pt/c1-3-5-7-16-9-11-18(13-16)15-19-12-10-17(14-19)8-6-4-2;;;/h9-14H,3-8,15H2,1-2H3;2*1H;/q-2;;;+4/p-2. The van der Waals surface area contributed by atoms with Crippen molar-refractivity contribution in [1.82, 2.24) is 19.6 Å². The third kappa shape index (κ3) is 8.26. The molecule has 130 valence electrons. The normalized spacial score (nSPS) is 16.7. The van der Waals surface area contributed by atoms with Crippen LogP contribution in [0.25, 0.3) is 0 Å². The van der Waals surface area contributed by atoms with Gasteiger partial charge < -0.3 is 19.6 Å². The van der Waals surface area contributed by atoms with E-state index in [9.17, 15) is 0 Å². The van der Waals surface area contributed by atoms with Crippen LogP contribution >= 0.6 is 26.6 Å². The molecule has 0 saturated carbocycles. The maximum atomic E-state index is 3.17. The van der Waals surface area contributed by atoms with E-state index in [1.807, 2.05) is 0 Å². The number of hydrogen-bond donors (Lipinski definition) is 0. The van der Waals surface area contributed by atoms with Gasteiger partial charge in [-0.05, 0) is 50.7 Å². The molecule has 0 saturated heterocycles. The minimum atomic E-state index is 0.208. The van der Waals surface area contributed by atoms with Crippen molar-refractivity contribution in [3.63, 3.8) is 0 Å². The average Bonchev–Trinajstić information content (AvgIpc) is 3.14. The van der Waals surface area contributed by atoms with E-state index in [0.29, 0.717) is 0 Å². The Labute approximate surface area is 157 Å². The van der Waals surface area contributed by atoms with Gasteiger partial charge in [0.05, 0.1) is 0 Å². The van der Waals surface area contributed by atoms with Crippen LogP contribution in [0, 0.1) is 13.3 Å². The average molecular weight is 617 g/mol. The van der Waals surface area contributed by atoms with Gasteiger partial charge >= 0.3 is 41.0 Å². The first-order valence-electron chi connectivity index (χ1n) is 7.65. The monoisotopic (exact) mass is 615 g/mol. The summed E-state index contributed by atoms with van der Waals surface area (Å²) in [5, 5.41) is 0. The van der Waals surface area contributed by atoms with Crippen molar-refractivity contribution >= 4 is 26.6 Å². The first-order chi connectivity index (χ1) is 10.7. The van der Waals surface area contributed by atoms with E-state index in [1.165, 1.54) is 25.7 Å². The van der Waals surface area contributed by atoms with Crippen molar-refractivity contribution < 1.29 is 14.5 Å². The molecule has 7 heteroatoms. The van der Waals surface area contributed by atoms with Crippen molar-refractivity contribution in [1.29, 1.82) is 0 Å². The fourth-order valence-corrected chi connectivity index (χ4v) is 2.18. The zero-order valence-electron chi connectivity index (χ0n) is 13.3. The van der Waals surface area contributed by atoms with Gasteiger partial charge in [0.1, 0.15) is 0 Å². The second-order valence-corrected chi connectivity index (χ2v) is 15.2. The van der Waals surface area contributed by atoms with E-state index in [-0.39, 0.29) is 14.5 Å². The predicted molar refractivity (Wildman–Crippen MR) is 96.5 cm³/mol. The Hall–Kier alpha value is 0.328. The summed E-state index contributed by atoms with van der Waals surface area (Å²) in [5.41, 5.74) is 0. The van der Waals surface area contributed by atoms with Crippen LogP contribution in [0.1, 0.15) is 39.5 Å². The van der Waals surface area contributed by atoms with Gasteiger partial charge in [-0.2, -0.15) is 13.3 Å². The molecule has 0 bridgehead atoms. The summed E-state index contributed by atoms with van der Waals surface area (Å²) in [6.07, 6.45) is 13.6. The van der Waals surface area contributed by atoms with E-state index < -0.39 is 0 Å². The second-order valence-electron chi connectivity index (χ2n) is 5.23. The molecule has 4 nitrogen and oxygen atoms in total. The molecule has 0 N–H and O–H groups in total. The van der Waals surface area contributed by atoms with Crippen molar-refractivity contribution in [2.75, 3.05) is 19.8 Å². The summed E-state index contributed by atoms with van der Waals surface area (Å²) in [7, 11) is 0. The summed E-state index contributed by atoms with van der Waals surface area (Å²) in [6, 6.07) is 0. The van der Waals surface area contributed by atoms with Crippen LogP contribution in [-0.2, 0) is 14.5 Å². The quantitative estimate of drug-likeness (QED) is 0.368. The molecule has 22 heavy (non-hydrogen) atoms. The topological polar surface area (TPSA) is 13.0 Å². The number of nitrogens with zero attached hydrogens (tertiary/aromatic N) is 4. The van der Waals surface area contributed by atoms with Crippen LogP contribution < -0.4 is 0 Å². The van der Waals surface area contributed by atoms with E-state index in [4.69, 9.17) is 0 Å². The third-order valence-corrected chi connectivity index (χ3v) is 3.36. The zero-order valence-corrected chi connectivity index (χ0v) is 18.7. The Kier molecular flexibility index (Phi) is 11.8. The van der Waals surface area contributed by atoms with Crippen LogP contribution in [0.3, 0.4) is 0 Å². The van der Waals surface area contributed by atoms with Crippen molar-refractivity contribution in [3.8, 4) is 0 Å². The molecule has 0 atom stereocenters. The fourth-order valence-electron chi connectivity index (χ4n) is 2.18. The fraction of sp³-hybridized carbons (Fsp3) is 0.600. The zero-order chi connectivity index (χ0) is 16.2. The maximum absolute atomic E-state index is 3.17. The molecule has 0 aromatic carbocycles. The molecule has 0 fully saturated rings. The first-order valence-corrected chi connectivity index (χ1v) is 17.6. The van der Waals surface area contributed by atoms with Gasteiger partial charge in [-0.25, -0.2) is 0 Å². The van der Waals surface area contributed by atoms with E-state index >= 15 is 0 Å². The summed E-state index contributed by atoms with van der Waals surface area (Å²) in [4.78, 5) is 8.97. The van der Waals surface area contributed by atoms with Crippen molar-refractivity contribution in [2.24, 2.45) is 0 Å². The Morgan fingerprint density at radius 3 is 1.50 bits per heavy atom. The molecule has 0 aliphatic carbocycles. The van der Waals surface area contributed by atoms with Gasteiger partial charge in [-0.3, -0.25) is 0 Å². The van der Waals surface area contributed by atoms with Gasteiger partial charge in [0.25, 0.3) is 0 Å². The summed E-state index contributed by atoms with van der Waals surface area (Å²) in [6.45, 7) is 12.0. The van der Waals surface area contributed by atoms with Crippen molar-refractivity contribution in [3.05, 3.63) is 38.1 Å². The molecular weight excluding hydrogens is 591 g/mol. The molecule has 2 rings (SSSR count). The van der Waals surface area contributed by atoms with Gasteiger partial charge in [-0.15, -0.1) is 0 Å². The van der Waals surface area contributed by atoms with Gasteiger partial charge in [0, 0.05) is 6.67 Å². The number of rotatable bonds is 8. The van der Waals surface area contributed by atoms with E-state index in [1.54, 1.807) is 0 Å². The summed E-state index contributed by atoms with van der Waals surface area (Å²) >= 11 is 6.56. The summed E-state index contributed by atoms with van der Waals surface area (Å²) in [5.74, 6) is 0. The molecule has 0 aromatic rings. The third-order valence-electron chi connectivity index (χ3n) is 3.36. The van der Waals surface area contributed by atoms with Gasteiger partial charge in [-0.1, -0.05) is 26.7 Å². The number of unbranched alkanes of at least 4 members (excludes halogenated alkanes) is 2. The molecule has 0 amide bonds. The van der Waals surface area contributed by atoms with Crippen LogP contribution in [0.15, 0.2) is 24.8 Å². The van der Waals surface area contributed by atoms with Crippen LogP contribution in [0.5, 0.6) is 0 Å². The van der Waals surface area contributed by atoms with Crippen molar-refractivity contribution in [2.45, 2.75) is 39.5 Å². The predicted octanol–water partition coefficient (Wildman–Crippen LogP) is 4.65. The SMILES string of the molecule is CCCCN1C=CN(CN2C=CN(CCCC)[CH-]2)[CH-]1.[Br][Pt+2][Br]. The minimum absolute atomic E-state index is 0.208. The Morgan fingerprint density at radius 1 is 0.773 bits per heavy atom. The number of halogens is 2. The van der Waals surface area contributed by atoms with E-state index in [0.717, 1.165) is 19.8 Å². The van der Waals surface area contributed by atoms with Gasteiger partial charge in [0.15, 0.2) is 0 Å². The van der Waals surface area contributed by atoms with Crippen LogP contribution in [0.4, 0.5) is 0 Å².